The fourth-order valence-corrected chi connectivity index (χ4v) is 15.8. The van der Waals surface area contributed by atoms with E-state index in [0.29, 0.717) is 71.0 Å². The van der Waals surface area contributed by atoms with Crippen molar-refractivity contribution in [2.24, 2.45) is 11.8 Å². The summed E-state index contributed by atoms with van der Waals surface area (Å²) in [5.41, 5.74) is 2.67. The average Bonchev–Trinajstić information content (AvgIpc) is 1.73. The van der Waals surface area contributed by atoms with Crippen molar-refractivity contribution in [2.45, 2.75) is 185 Å². The molecular formula is C86H109F3N14O15S. The van der Waals surface area contributed by atoms with Crippen LogP contribution in [0.4, 0.5) is 13.2 Å². The Morgan fingerprint density at radius 3 is 1.75 bits per heavy atom. The molecule has 119 heavy (non-hydrogen) atoms. The molecule has 0 unspecified atom stereocenters. The van der Waals surface area contributed by atoms with E-state index in [4.69, 9.17) is 0 Å². The van der Waals surface area contributed by atoms with Gasteiger partial charge in [0.05, 0.1) is 24.9 Å². The Hall–Kier alpha value is -11.4. The van der Waals surface area contributed by atoms with E-state index in [1.165, 1.54) is 38.2 Å². The lowest BCUT2D eigenvalue weighted by molar-refractivity contribution is -0.152. The number of carbonyl (C=O) groups excluding carboxylic acids is 13. The van der Waals surface area contributed by atoms with Crippen LogP contribution < -0.4 is 42.5 Å². The number of hydrogen-bond acceptors (Lipinski definition) is 16. The molecule has 0 spiro atoms. The number of aliphatic hydroxyl groups is 1. The predicted octanol–water partition coefficient (Wildman–Crippen LogP) is 4.04. The molecule has 29 nitrogen and oxygen atoms in total. The summed E-state index contributed by atoms with van der Waals surface area (Å²) < 4.78 is 44.5. The molecule has 3 aliphatic heterocycles. The van der Waals surface area contributed by atoms with Crippen molar-refractivity contribution >= 4 is 99.5 Å². The highest BCUT2D eigenvalue weighted by molar-refractivity contribution is 7.99. The van der Waals surface area contributed by atoms with Crippen LogP contribution in [0.1, 0.15) is 114 Å². The minimum Gasteiger partial charge on any atom is -0.508 e. The van der Waals surface area contributed by atoms with Gasteiger partial charge < -0.3 is 82.2 Å². The van der Waals surface area contributed by atoms with Crippen molar-refractivity contribution in [1.29, 1.82) is 0 Å². The average molecular weight is 1670 g/mol. The number of nitrogens with one attached hydrogen (secondary N) is 9. The molecule has 5 aromatic carbocycles. The highest BCUT2D eigenvalue weighted by atomic mass is 32.2. The molecule has 1 aromatic heterocycles. The van der Waals surface area contributed by atoms with Crippen molar-refractivity contribution in [1.82, 2.24) is 72.0 Å². The van der Waals surface area contributed by atoms with Gasteiger partial charge in [0.25, 0.3) is 0 Å². The van der Waals surface area contributed by atoms with Gasteiger partial charge in [-0.3, -0.25) is 62.3 Å². The SMILES string of the molecule is CCCC[C@H]1C(=O)N2C[C@H](O)C[C@@H]2C(=O)NCC(=O)N[C@@H](C(C)C)C(=O)N(C)[C@@H](Cc2ccccc2)C(=O)NCC(=O)N2CCCC[C@@H]2C(=O)N[C@@H](Cc2c[nH]c3ccccc23)C(=O)N[C@@H](Cc2ccc(O)cc2)C(=O)N[C@@H](CC(C)C)C(=O)NCCSCC(=O)N[C@@H](Cc2cc(F)c(F)c(F)c2)C(=O)N(C)[C@@H](Cc2ccccc2)C(=O)N1C. The molecule has 0 saturated carbocycles. The van der Waals surface area contributed by atoms with Gasteiger partial charge in [-0.25, -0.2) is 13.2 Å². The predicted molar refractivity (Wildman–Crippen MR) is 439 cm³/mol. The first-order valence-electron chi connectivity index (χ1n) is 40.3. The van der Waals surface area contributed by atoms with E-state index >= 15 is 32.8 Å². The van der Waals surface area contributed by atoms with Gasteiger partial charge in [0.2, 0.25) is 76.8 Å². The van der Waals surface area contributed by atoms with Crippen LogP contribution >= 0.6 is 11.8 Å². The third kappa shape index (κ3) is 25.1. The van der Waals surface area contributed by atoms with Crippen molar-refractivity contribution < 1.29 is 85.7 Å². The van der Waals surface area contributed by atoms with Crippen molar-refractivity contribution in [2.75, 3.05) is 65.4 Å². The molecule has 6 aromatic rings. The number of aromatic amines is 1. The molecule has 11 N–H and O–H groups in total. The summed E-state index contributed by atoms with van der Waals surface area (Å²) >= 11 is 0.997. The maximum Gasteiger partial charge on any atom is 0.246 e. The zero-order valence-corrected chi connectivity index (χ0v) is 69.1. The summed E-state index contributed by atoms with van der Waals surface area (Å²) in [7, 11) is 3.96. The maximum absolute atomic E-state index is 15.5. The van der Waals surface area contributed by atoms with Gasteiger partial charge in [0.1, 0.15) is 66.2 Å². The van der Waals surface area contributed by atoms with Crippen molar-refractivity contribution in [3.63, 3.8) is 0 Å². The largest absolute Gasteiger partial charge is 0.508 e. The molecule has 33 heteroatoms. The van der Waals surface area contributed by atoms with Gasteiger partial charge >= 0.3 is 0 Å². The van der Waals surface area contributed by atoms with E-state index in [1.54, 1.807) is 98.9 Å². The normalized spacial score (nSPS) is 24.0. The quantitative estimate of drug-likeness (QED) is 0.0609. The Morgan fingerprint density at radius 2 is 1.10 bits per heavy atom. The number of likely N-dealkylation sites (N-methyl/N-ethyl adjacent to an activating group) is 3. The number of phenols is 1. The third-order valence-electron chi connectivity index (χ3n) is 21.7. The Bertz CT molecular complexity index is 4560. The zero-order valence-electron chi connectivity index (χ0n) is 68.3. The summed E-state index contributed by atoms with van der Waals surface area (Å²) in [5.74, 6) is -16.5. The molecule has 3 saturated heterocycles. The second-order valence-corrected chi connectivity index (χ2v) is 32.5. The van der Waals surface area contributed by atoms with Crippen LogP contribution in [0.3, 0.4) is 0 Å². The summed E-state index contributed by atoms with van der Waals surface area (Å²) in [5, 5.41) is 44.1. The number of hydrogen-bond donors (Lipinski definition) is 11. The molecule has 0 bridgehead atoms. The number of aliphatic hydroxyl groups excluding tert-OH is 1. The Labute approximate surface area is 694 Å². The molecule has 3 aliphatic rings. The first-order valence-corrected chi connectivity index (χ1v) is 41.5. The van der Waals surface area contributed by atoms with Gasteiger partial charge in [0, 0.05) is 102 Å². The molecule has 13 amide bonds. The Morgan fingerprint density at radius 1 is 0.521 bits per heavy atom. The number of carbonyl (C=O) groups is 13. The molecule has 0 aliphatic carbocycles. The molecule has 3 fully saturated rings. The van der Waals surface area contributed by atoms with E-state index < -0.39 is 186 Å². The number of rotatable bonds is 16. The standard InChI is InChI=1S/C86H109F3N14O15S/c1-9-10-27-68-85(117)103-48-58(105)44-70(103)81(113)92-46-72(106)98-76(51(4)5)86(118)100(7)69(41-52-21-13-11-14-22-52)80(112)93-47-74(108)102-34-20-19-28-67(102)82(114)97-65(43-56-45-91-62-26-18-17-25-59(56)62)79(111)96-64(39-54-29-31-57(104)32-30-54)78(110)95-63(36-50(2)3)77(109)90-33-35-119-49-73(107)94-66(40-55-37-60(87)75(89)61(88)38-55)83(115)101(8)71(84(116)99(68)6)42-53-23-15-12-16-24-53/h11-18,21-26,29-32,37-38,45,50-51,58,63-71,76,91,104-105H,9-10,19-20,27-28,33-36,39-44,46-49H2,1-8H3,(H,90,109)(H,92,113)(H,93,112)(H,94,107)(H,95,110)(H,96,111)(H,97,114)(H,98,106)/t58-,63+,64+,65+,66+,67-,68+,69+,70-,71+,76+/m1/s1. The number of thioether (sulfide) groups is 1. The van der Waals surface area contributed by atoms with Gasteiger partial charge in [0.15, 0.2) is 17.5 Å². The number of H-pyrrole nitrogens is 1. The number of fused-ring (bicyclic) bond motifs is 3. The summed E-state index contributed by atoms with van der Waals surface area (Å²) in [4.78, 5) is 201. The topological polar surface area (TPSA) is 391 Å². The number of aromatic nitrogens is 1. The van der Waals surface area contributed by atoms with Crippen molar-refractivity contribution in [3.05, 3.63) is 173 Å². The van der Waals surface area contributed by atoms with Crippen LogP contribution in [0, 0.1) is 29.3 Å². The van der Waals surface area contributed by atoms with E-state index in [9.17, 15) is 53.0 Å². The molecule has 640 valence electrons. The van der Waals surface area contributed by atoms with Crippen LogP contribution in [0.5, 0.6) is 5.75 Å². The lowest BCUT2D eigenvalue weighted by Crippen LogP contribution is -2.61. The minimum atomic E-state index is -1.79. The second-order valence-electron chi connectivity index (χ2n) is 31.4. The third-order valence-corrected chi connectivity index (χ3v) is 22.7. The van der Waals surface area contributed by atoms with Crippen LogP contribution in [0.2, 0.25) is 0 Å². The summed E-state index contributed by atoms with van der Waals surface area (Å²) in [6, 6.07) is 17.7. The van der Waals surface area contributed by atoms with E-state index in [2.05, 4.69) is 47.5 Å². The number of para-hydroxylation sites is 1. The number of nitrogens with zero attached hydrogens (tertiary/aromatic N) is 5. The highest BCUT2D eigenvalue weighted by Crippen LogP contribution is 2.28. The fourth-order valence-electron chi connectivity index (χ4n) is 15.2. The van der Waals surface area contributed by atoms with Crippen molar-refractivity contribution in [3.8, 4) is 5.75 Å². The lowest BCUT2D eigenvalue weighted by Gasteiger charge is -2.37. The van der Waals surface area contributed by atoms with Crippen LogP contribution in [0.25, 0.3) is 10.9 Å². The number of aromatic hydroxyl groups is 1. The number of amides is 13. The van der Waals surface area contributed by atoms with Crippen LogP contribution in [0.15, 0.2) is 128 Å². The molecule has 0 radical (unpaired) electrons. The maximum atomic E-state index is 15.5. The van der Waals surface area contributed by atoms with Crippen LogP contribution in [-0.2, 0) is 94.4 Å². The first kappa shape index (κ1) is 91.5. The number of phenolic OH excluding ortho intramolecular Hbond substituents is 1. The van der Waals surface area contributed by atoms with Gasteiger partial charge in [-0.2, -0.15) is 11.8 Å². The monoisotopic (exact) mass is 1670 g/mol. The molecule has 9 rings (SSSR count). The number of piperidine rings is 1. The number of benzene rings is 5. The van der Waals surface area contributed by atoms with E-state index in [1.807, 2.05) is 39.0 Å². The first-order chi connectivity index (χ1) is 56.8. The lowest BCUT2D eigenvalue weighted by atomic mass is 9.98. The number of unbranched alkanes of at least 4 members (excludes halogenated alkanes) is 1. The minimum absolute atomic E-state index is 0.0107. The van der Waals surface area contributed by atoms with Gasteiger partial charge in [-0.1, -0.05) is 138 Å². The summed E-state index contributed by atoms with van der Waals surface area (Å²) in [6.45, 7) is 6.96. The summed E-state index contributed by atoms with van der Waals surface area (Å²) in [6.07, 6.45) is 0.915. The Balaban J connectivity index is 1.05. The van der Waals surface area contributed by atoms with E-state index in [0.717, 1.165) is 31.4 Å². The molecular weight excluding hydrogens is 1560 g/mol. The highest BCUT2D eigenvalue weighted by Gasteiger charge is 2.46. The molecule has 4 heterocycles. The van der Waals surface area contributed by atoms with Gasteiger partial charge in [-0.15, -0.1) is 0 Å². The Kier molecular flexibility index (Phi) is 33.4. The fraction of sp³-hybridized carbons (Fsp3) is 0.477. The zero-order chi connectivity index (χ0) is 86.3. The van der Waals surface area contributed by atoms with Gasteiger partial charge in [-0.05, 0) is 102 Å². The second kappa shape index (κ2) is 43.4. The molecule has 11 atom stereocenters. The number of halogens is 3. The van der Waals surface area contributed by atoms with E-state index in [-0.39, 0.29) is 99.7 Å². The smallest absolute Gasteiger partial charge is 0.246 e. The van der Waals surface area contributed by atoms with Crippen LogP contribution in [-0.4, -0.2) is 248 Å².